The molecule has 0 atom stereocenters. The minimum atomic E-state index is 0.0682. The van der Waals surface area contributed by atoms with Crippen molar-refractivity contribution in [3.63, 3.8) is 0 Å². The van der Waals surface area contributed by atoms with Gasteiger partial charge in [0.2, 0.25) is 0 Å². The van der Waals surface area contributed by atoms with Crippen LogP contribution >= 0.6 is 0 Å². The molecule has 0 aliphatic carbocycles. The van der Waals surface area contributed by atoms with Crippen LogP contribution in [0.5, 0.6) is 0 Å². The Morgan fingerprint density at radius 3 is 2.57 bits per heavy atom. The zero-order chi connectivity index (χ0) is 21.1. The first-order valence-corrected chi connectivity index (χ1v) is 10.6. The topological polar surface area (TPSA) is 54.3 Å². The summed E-state index contributed by atoms with van der Waals surface area (Å²) in [4.78, 5) is 22.2. The largest absolute Gasteiger partial charge is 0.336 e. The van der Waals surface area contributed by atoms with E-state index in [1.165, 1.54) is 5.56 Å². The summed E-state index contributed by atoms with van der Waals surface area (Å²) in [5, 5.41) is 5.34. The van der Waals surface area contributed by atoms with Crippen LogP contribution in [0.25, 0.3) is 17.1 Å². The molecule has 0 saturated carbocycles. The molecule has 1 aliphatic rings. The van der Waals surface area contributed by atoms with Gasteiger partial charge in [0.25, 0.3) is 5.91 Å². The van der Waals surface area contributed by atoms with Crippen molar-refractivity contribution in [3.8, 4) is 0 Å². The minimum Gasteiger partial charge on any atom is -0.336 e. The van der Waals surface area contributed by atoms with Gasteiger partial charge in [-0.15, -0.1) is 0 Å². The molecule has 0 N–H and O–H groups in total. The van der Waals surface area contributed by atoms with Gasteiger partial charge in [-0.2, -0.15) is 5.10 Å². The van der Waals surface area contributed by atoms with Crippen molar-refractivity contribution in [2.75, 3.05) is 32.7 Å². The number of benzene rings is 1. The molecular formula is C24H29N5O. The fraction of sp³-hybridized carbons (Fsp3) is 0.375. The zero-order valence-corrected chi connectivity index (χ0v) is 18.0. The summed E-state index contributed by atoms with van der Waals surface area (Å²) in [5.74, 6) is 0.0682. The third kappa shape index (κ3) is 4.28. The average molecular weight is 404 g/mol. The maximum absolute atomic E-state index is 13.1. The molecule has 0 spiro atoms. The summed E-state index contributed by atoms with van der Waals surface area (Å²) in [5.41, 5.74) is 3.51. The van der Waals surface area contributed by atoms with Gasteiger partial charge in [-0.25, -0.2) is 9.67 Å². The number of amides is 1. The summed E-state index contributed by atoms with van der Waals surface area (Å²) < 4.78 is 1.90. The van der Waals surface area contributed by atoms with Gasteiger partial charge < -0.3 is 4.90 Å². The van der Waals surface area contributed by atoms with Crippen molar-refractivity contribution in [2.45, 2.75) is 26.8 Å². The molecule has 3 heterocycles. The van der Waals surface area contributed by atoms with Crippen LogP contribution < -0.4 is 0 Å². The first kappa shape index (κ1) is 20.3. The van der Waals surface area contributed by atoms with Crippen LogP contribution in [0.3, 0.4) is 0 Å². The Hall–Kier alpha value is -2.99. The van der Waals surface area contributed by atoms with Gasteiger partial charge in [-0.1, -0.05) is 42.5 Å². The molecular weight excluding hydrogens is 374 g/mol. The predicted octanol–water partition coefficient (Wildman–Crippen LogP) is 3.79. The van der Waals surface area contributed by atoms with Crippen LogP contribution in [0.4, 0.5) is 0 Å². The van der Waals surface area contributed by atoms with Crippen molar-refractivity contribution in [1.29, 1.82) is 0 Å². The van der Waals surface area contributed by atoms with Crippen LogP contribution in [0, 0.1) is 6.92 Å². The quantitative estimate of drug-likeness (QED) is 0.650. The van der Waals surface area contributed by atoms with Gasteiger partial charge in [0.05, 0.1) is 17.5 Å². The van der Waals surface area contributed by atoms with E-state index < -0.39 is 0 Å². The minimum absolute atomic E-state index is 0.0682. The molecule has 1 amide bonds. The second-order valence-electron chi connectivity index (χ2n) is 8.12. The third-order valence-electron chi connectivity index (χ3n) is 5.61. The summed E-state index contributed by atoms with van der Waals surface area (Å²) >= 11 is 0. The lowest BCUT2D eigenvalue weighted by atomic mass is 10.1. The number of pyridine rings is 1. The SMILES string of the molecule is Cc1nc2c(cnn2C(C)C)cc1C(=O)N1CCN(C/C=C/c2ccccc2)CC1. The molecule has 1 saturated heterocycles. The Kier molecular flexibility index (Phi) is 5.95. The molecule has 6 heteroatoms. The normalized spacial score (nSPS) is 15.5. The van der Waals surface area contributed by atoms with E-state index in [0.717, 1.165) is 49.5 Å². The Balaban J connectivity index is 1.38. The molecule has 0 unspecified atom stereocenters. The Bertz CT molecular complexity index is 1050. The van der Waals surface area contributed by atoms with Crippen LogP contribution in [0.1, 0.15) is 41.5 Å². The maximum Gasteiger partial charge on any atom is 0.255 e. The molecule has 1 aromatic carbocycles. The smallest absolute Gasteiger partial charge is 0.255 e. The monoisotopic (exact) mass is 403 g/mol. The van der Waals surface area contributed by atoms with Gasteiger partial charge in [0, 0.05) is 44.2 Å². The van der Waals surface area contributed by atoms with E-state index in [1.54, 1.807) is 6.20 Å². The van der Waals surface area contributed by atoms with E-state index in [9.17, 15) is 4.79 Å². The molecule has 3 aromatic rings. The van der Waals surface area contributed by atoms with Gasteiger partial charge in [-0.3, -0.25) is 9.69 Å². The number of aromatic nitrogens is 3. The molecule has 156 valence electrons. The van der Waals surface area contributed by atoms with Crippen molar-refractivity contribution in [3.05, 3.63) is 65.5 Å². The molecule has 4 rings (SSSR count). The number of hydrogen-bond acceptors (Lipinski definition) is 4. The molecule has 0 bridgehead atoms. The molecule has 30 heavy (non-hydrogen) atoms. The number of carbonyl (C=O) groups is 1. The van der Waals surface area contributed by atoms with E-state index in [2.05, 4.69) is 48.1 Å². The van der Waals surface area contributed by atoms with Crippen molar-refractivity contribution >= 4 is 23.0 Å². The Morgan fingerprint density at radius 2 is 1.87 bits per heavy atom. The summed E-state index contributed by atoms with van der Waals surface area (Å²) in [7, 11) is 0. The van der Waals surface area contributed by atoms with E-state index >= 15 is 0 Å². The molecule has 1 aliphatic heterocycles. The van der Waals surface area contributed by atoms with Gasteiger partial charge >= 0.3 is 0 Å². The van der Waals surface area contributed by atoms with E-state index in [1.807, 2.05) is 40.8 Å². The number of hydrogen-bond donors (Lipinski definition) is 0. The van der Waals surface area contributed by atoms with E-state index in [0.29, 0.717) is 5.56 Å². The number of fused-ring (bicyclic) bond motifs is 1. The van der Waals surface area contributed by atoms with Crippen molar-refractivity contribution < 1.29 is 4.79 Å². The predicted molar refractivity (Wildman–Crippen MR) is 120 cm³/mol. The first-order chi connectivity index (χ1) is 14.5. The lowest BCUT2D eigenvalue weighted by Crippen LogP contribution is -2.48. The highest BCUT2D eigenvalue weighted by Crippen LogP contribution is 2.21. The van der Waals surface area contributed by atoms with Crippen molar-refractivity contribution in [1.82, 2.24) is 24.6 Å². The Labute approximate surface area is 177 Å². The van der Waals surface area contributed by atoms with Gasteiger partial charge in [0.15, 0.2) is 5.65 Å². The van der Waals surface area contributed by atoms with Crippen molar-refractivity contribution in [2.24, 2.45) is 0 Å². The summed E-state index contributed by atoms with van der Waals surface area (Å²) in [6.07, 6.45) is 6.15. The number of carbonyl (C=O) groups excluding carboxylic acids is 1. The molecule has 1 fully saturated rings. The number of aryl methyl sites for hydroxylation is 1. The first-order valence-electron chi connectivity index (χ1n) is 10.6. The molecule has 0 radical (unpaired) electrons. The lowest BCUT2D eigenvalue weighted by molar-refractivity contribution is 0.0649. The number of rotatable bonds is 5. The highest BCUT2D eigenvalue weighted by molar-refractivity contribution is 5.98. The number of nitrogens with zero attached hydrogens (tertiary/aromatic N) is 5. The highest BCUT2D eigenvalue weighted by Gasteiger charge is 2.24. The van der Waals surface area contributed by atoms with Crippen LogP contribution in [-0.2, 0) is 0 Å². The lowest BCUT2D eigenvalue weighted by Gasteiger charge is -2.34. The second kappa shape index (κ2) is 8.79. The third-order valence-corrected chi connectivity index (χ3v) is 5.61. The van der Waals surface area contributed by atoms with E-state index in [-0.39, 0.29) is 11.9 Å². The number of piperazine rings is 1. The maximum atomic E-state index is 13.1. The van der Waals surface area contributed by atoms with Gasteiger partial charge in [-0.05, 0) is 32.4 Å². The fourth-order valence-corrected chi connectivity index (χ4v) is 3.87. The van der Waals surface area contributed by atoms with Crippen LogP contribution in [-0.4, -0.2) is 63.2 Å². The fourth-order valence-electron chi connectivity index (χ4n) is 3.87. The van der Waals surface area contributed by atoms with E-state index in [4.69, 9.17) is 4.98 Å². The van der Waals surface area contributed by atoms with Crippen LogP contribution in [0.15, 0.2) is 48.7 Å². The summed E-state index contributed by atoms with van der Waals surface area (Å²) in [6, 6.07) is 12.5. The van der Waals surface area contributed by atoms with Gasteiger partial charge in [0.1, 0.15) is 0 Å². The standard InChI is InChI=1S/C24H29N5O/c1-18(2)29-23-21(17-25-29)16-22(19(3)26-23)24(30)28-14-12-27(13-15-28)11-7-10-20-8-5-4-6-9-20/h4-10,16-18H,11-15H2,1-3H3/b10-7+. The molecule has 6 nitrogen and oxygen atoms in total. The second-order valence-corrected chi connectivity index (χ2v) is 8.12. The Morgan fingerprint density at radius 1 is 1.13 bits per heavy atom. The van der Waals surface area contributed by atoms with Crippen LogP contribution in [0.2, 0.25) is 0 Å². The highest BCUT2D eigenvalue weighted by atomic mass is 16.2. The average Bonchev–Trinajstić information content (AvgIpc) is 3.17. The zero-order valence-electron chi connectivity index (χ0n) is 18.0. The molecule has 2 aromatic heterocycles. The summed E-state index contributed by atoms with van der Waals surface area (Å²) in [6.45, 7) is 10.2.